The van der Waals surface area contributed by atoms with Crippen LogP contribution in [0, 0.1) is 0 Å². The highest BCUT2D eigenvalue weighted by atomic mass is 19.4. The Labute approximate surface area is 123 Å². The standard InChI is InChI=1S/C15H23F3N2O/c1-11(2)20(8-9-21-3)14(10-19)12-6-4-5-7-13(12)15(16,17)18/h4-7,11,14H,8-10,19H2,1-3H3. The second-order valence-corrected chi connectivity index (χ2v) is 5.16. The number of rotatable bonds is 7. The van der Waals surface area contributed by atoms with Crippen molar-refractivity contribution in [3.05, 3.63) is 35.4 Å². The maximum Gasteiger partial charge on any atom is 0.416 e. The Hall–Kier alpha value is -1.11. The third kappa shape index (κ3) is 4.69. The molecule has 0 aliphatic heterocycles. The summed E-state index contributed by atoms with van der Waals surface area (Å²) in [4.78, 5) is 1.94. The van der Waals surface area contributed by atoms with Gasteiger partial charge in [0.2, 0.25) is 0 Å². The van der Waals surface area contributed by atoms with Crippen molar-refractivity contribution in [2.75, 3.05) is 26.8 Å². The van der Waals surface area contributed by atoms with E-state index in [9.17, 15) is 13.2 Å². The highest BCUT2D eigenvalue weighted by Crippen LogP contribution is 2.36. The molecule has 1 aromatic carbocycles. The number of alkyl halides is 3. The fraction of sp³-hybridized carbons (Fsp3) is 0.600. The number of hydrogen-bond donors (Lipinski definition) is 1. The van der Waals surface area contributed by atoms with E-state index in [2.05, 4.69) is 0 Å². The fourth-order valence-corrected chi connectivity index (χ4v) is 2.46. The summed E-state index contributed by atoms with van der Waals surface area (Å²) in [6.07, 6.45) is -4.38. The summed E-state index contributed by atoms with van der Waals surface area (Å²) in [5.41, 5.74) is 5.38. The summed E-state index contributed by atoms with van der Waals surface area (Å²) < 4.78 is 44.6. The molecule has 0 aliphatic carbocycles. The molecule has 1 unspecified atom stereocenters. The Bertz CT molecular complexity index is 435. The van der Waals surface area contributed by atoms with Crippen molar-refractivity contribution in [3.63, 3.8) is 0 Å². The normalized spacial score (nSPS) is 14.0. The van der Waals surface area contributed by atoms with Gasteiger partial charge in [-0.2, -0.15) is 13.2 Å². The van der Waals surface area contributed by atoms with Gasteiger partial charge in [0.1, 0.15) is 0 Å². The van der Waals surface area contributed by atoms with Gasteiger partial charge in [-0.3, -0.25) is 4.90 Å². The van der Waals surface area contributed by atoms with Crippen LogP contribution in [-0.4, -0.2) is 37.7 Å². The van der Waals surface area contributed by atoms with Crippen molar-refractivity contribution in [2.45, 2.75) is 32.1 Å². The minimum absolute atomic E-state index is 0.0648. The lowest BCUT2D eigenvalue weighted by Gasteiger charge is -2.35. The van der Waals surface area contributed by atoms with Crippen molar-refractivity contribution in [2.24, 2.45) is 5.73 Å². The minimum atomic E-state index is -4.38. The number of ether oxygens (including phenoxy) is 1. The minimum Gasteiger partial charge on any atom is -0.383 e. The van der Waals surface area contributed by atoms with Crippen LogP contribution >= 0.6 is 0 Å². The third-order valence-corrected chi connectivity index (χ3v) is 3.47. The van der Waals surface area contributed by atoms with Gasteiger partial charge >= 0.3 is 6.18 Å². The lowest BCUT2D eigenvalue weighted by Crippen LogP contribution is -2.41. The number of benzene rings is 1. The first-order valence-corrected chi connectivity index (χ1v) is 6.93. The van der Waals surface area contributed by atoms with Gasteiger partial charge in [0.25, 0.3) is 0 Å². The van der Waals surface area contributed by atoms with Crippen LogP contribution in [0.1, 0.15) is 31.0 Å². The zero-order valence-electron chi connectivity index (χ0n) is 12.7. The summed E-state index contributed by atoms with van der Waals surface area (Å²) in [5, 5.41) is 0. The molecule has 0 aromatic heterocycles. The van der Waals surface area contributed by atoms with E-state index in [-0.39, 0.29) is 18.2 Å². The van der Waals surface area contributed by atoms with Crippen molar-refractivity contribution >= 4 is 0 Å². The molecule has 0 saturated heterocycles. The highest BCUT2D eigenvalue weighted by Gasteiger charge is 2.36. The van der Waals surface area contributed by atoms with Crippen molar-refractivity contribution < 1.29 is 17.9 Å². The van der Waals surface area contributed by atoms with Crippen LogP contribution in [-0.2, 0) is 10.9 Å². The summed E-state index contributed by atoms with van der Waals surface area (Å²) in [5.74, 6) is 0. The quantitative estimate of drug-likeness (QED) is 0.841. The number of nitrogens with zero attached hydrogens (tertiary/aromatic N) is 1. The number of halogens is 3. The van der Waals surface area contributed by atoms with E-state index >= 15 is 0 Å². The Balaban J connectivity index is 3.19. The molecule has 120 valence electrons. The molecule has 1 rings (SSSR count). The summed E-state index contributed by atoms with van der Waals surface area (Å²) in [6.45, 7) is 4.98. The van der Waals surface area contributed by atoms with Crippen LogP contribution in [0.3, 0.4) is 0 Å². The number of methoxy groups -OCH3 is 1. The van der Waals surface area contributed by atoms with Crippen LogP contribution in [0.4, 0.5) is 13.2 Å². The number of nitrogens with two attached hydrogens (primary N) is 1. The van der Waals surface area contributed by atoms with Gasteiger partial charge < -0.3 is 10.5 Å². The molecule has 3 nitrogen and oxygen atoms in total. The van der Waals surface area contributed by atoms with Crippen LogP contribution in [0.15, 0.2) is 24.3 Å². The zero-order valence-corrected chi connectivity index (χ0v) is 12.7. The molecule has 0 radical (unpaired) electrons. The van der Waals surface area contributed by atoms with Crippen LogP contribution in [0.25, 0.3) is 0 Å². The maximum absolute atomic E-state index is 13.2. The Morgan fingerprint density at radius 1 is 1.24 bits per heavy atom. The molecule has 0 aliphatic rings. The van der Waals surface area contributed by atoms with Gasteiger partial charge in [-0.1, -0.05) is 18.2 Å². The van der Waals surface area contributed by atoms with E-state index in [1.165, 1.54) is 12.1 Å². The maximum atomic E-state index is 13.2. The average Bonchev–Trinajstić information content (AvgIpc) is 2.42. The van der Waals surface area contributed by atoms with Crippen LogP contribution in [0.5, 0.6) is 0 Å². The van der Waals surface area contributed by atoms with Crippen molar-refractivity contribution in [3.8, 4) is 0 Å². The molecule has 0 spiro atoms. The summed E-state index contributed by atoms with van der Waals surface area (Å²) in [6, 6.07) is 5.19. The lowest BCUT2D eigenvalue weighted by molar-refractivity contribution is -0.138. The SMILES string of the molecule is COCCN(C(C)C)C(CN)c1ccccc1C(F)(F)F. The first-order chi connectivity index (χ1) is 9.82. The second-order valence-electron chi connectivity index (χ2n) is 5.16. The van der Waals surface area contributed by atoms with E-state index in [0.717, 1.165) is 6.07 Å². The predicted molar refractivity (Wildman–Crippen MR) is 77.0 cm³/mol. The Morgan fingerprint density at radius 2 is 1.86 bits per heavy atom. The molecule has 2 N–H and O–H groups in total. The smallest absolute Gasteiger partial charge is 0.383 e. The summed E-state index contributed by atoms with van der Waals surface area (Å²) in [7, 11) is 1.57. The molecule has 21 heavy (non-hydrogen) atoms. The first-order valence-electron chi connectivity index (χ1n) is 6.93. The van der Waals surface area contributed by atoms with Gasteiger partial charge in [0, 0.05) is 32.3 Å². The molecule has 0 amide bonds. The van der Waals surface area contributed by atoms with Crippen molar-refractivity contribution in [1.82, 2.24) is 4.90 Å². The zero-order chi connectivity index (χ0) is 16.0. The molecule has 0 fully saturated rings. The largest absolute Gasteiger partial charge is 0.416 e. The van der Waals surface area contributed by atoms with Crippen molar-refractivity contribution in [1.29, 1.82) is 0 Å². The molecular formula is C15H23F3N2O. The van der Waals surface area contributed by atoms with E-state index < -0.39 is 17.8 Å². The van der Waals surface area contributed by atoms with E-state index in [1.807, 2.05) is 18.7 Å². The molecule has 0 saturated carbocycles. The average molecular weight is 304 g/mol. The van der Waals surface area contributed by atoms with Gasteiger partial charge in [-0.05, 0) is 25.5 Å². The molecular weight excluding hydrogens is 281 g/mol. The van der Waals surface area contributed by atoms with E-state index in [1.54, 1.807) is 13.2 Å². The lowest BCUT2D eigenvalue weighted by atomic mass is 9.97. The van der Waals surface area contributed by atoms with Gasteiger partial charge in [0.05, 0.1) is 12.2 Å². The van der Waals surface area contributed by atoms with E-state index in [4.69, 9.17) is 10.5 Å². The first kappa shape index (κ1) is 17.9. The highest BCUT2D eigenvalue weighted by molar-refractivity contribution is 5.32. The Morgan fingerprint density at radius 3 is 2.33 bits per heavy atom. The van der Waals surface area contributed by atoms with Gasteiger partial charge in [0.15, 0.2) is 0 Å². The van der Waals surface area contributed by atoms with E-state index in [0.29, 0.717) is 13.2 Å². The summed E-state index contributed by atoms with van der Waals surface area (Å²) >= 11 is 0. The molecule has 0 bridgehead atoms. The third-order valence-electron chi connectivity index (χ3n) is 3.47. The van der Waals surface area contributed by atoms with Gasteiger partial charge in [-0.15, -0.1) is 0 Å². The molecule has 0 heterocycles. The monoisotopic (exact) mass is 304 g/mol. The van der Waals surface area contributed by atoms with Gasteiger partial charge in [-0.25, -0.2) is 0 Å². The fourth-order valence-electron chi connectivity index (χ4n) is 2.46. The molecule has 1 atom stereocenters. The molecule has 6 heteroatoms. The molecule has 1 aromatic rings. The predicted octanol–water partition coefficient (Wildman–Crippen LogP) is 3.06. The Kier molecular flexibility index (Phi) is 6.64. The topological polar surface area (TPSA) is 38.5 Å². The van der Waals surface area contributed by atoms with Crippen LogP contribution in [0.2, 0.25) is 0 Å². The van der Waals surface area contributed by atoms with Crippen LogP contribution < -0.4 is 5.73 Å². The number of hydrogen-bond acceptors (Lipinski definition) is 3. The second kappa shape index (κ2) is 7.77.